The number of benzene rings is 3. The monoisotopic (exact) mass is 505 g/mol. The summed E-state index contributed by atoms with van der Waals surface area (Å²) in [5.41, 5.74) is 12.4. The van der Waals surface area contributed by atoms with Gasteiger partial charge in [-0.25, -0.2) is 13.6 Å². The summed E-state index contributed by atoms with van der Waals surface area (Å²) in [6.07, 6.45) is 0.345. The van der Waals surface area contributed by atoms with Gasteiger partial charge in [-0.15, -0.1) is 0 Å². The van der Waals surface area contributed by atoms with Crippen LogP contribution in [0.5, 0.6) is 0 Å². The van der Waals surface area contributed by atoms with Crippen LogP contribution in [-0.2, 0) is 24.1 Å². The van der Waals surface area contributed by atoms with Gasteiger partial charge in [0.25, 0.3) is 0 Å². The lowest BCUT2D eigenvalue weighted by atomic mass is 10.0. The van der Waals surface area contributed by atoms with Gasteiger partial charge in [0.1, 0.15) is 17.7 Å². The molecule has 0 aliphatic rings. The molecule has 0 fully saturated rings. The van der Waals surface area contributed by atoms with Gasteiger partial charge in [-0.1, -0.05) is 43.3 Å². The van der Waals surface area contributed by atoms with Crippen molar-refractivity contribution in [2.75, 3.05) is 6.54 Å². The highest BCUT2D eigenvalue weighted by Gasteiger charge is 2.25. The van der Waals surface area contributed by atoms with Crippen molar-refractivity contribution in [1.29, 1.82) is 0 Å². The Morgan fingerprint density at radius 2 is 1.70 bits per heavy atom. The lowest BCUT2D eigenvalue weighted by Crippen LogP contribution is -2.46. The van der Waals surface area contributed by atoms with Gasteiger partial charge in [0.2, 0.25) is 0 Å². The van der Waals surface area contributed by atoms with E-state index in [1.54, 1.807) is 6.07 Å². The summed E-state index contributed by atoms with van der Waals surface area (Å²) in [6.45, 7) is 6.90. The number of nitrogens with one attached hydrogen (secondary N) is 2. The fourth-order valence-corrected chi connectivity index (χ4v) is 4.58. The van der Waals surface area contributed by atoms with Gasteiger partial charge >= 0.3 is 5.97 Å². The molecule has 0 saturated heterocycles. The molecule has 4 aromatic rings. The van der Waals surface area contributed by atoms with Crippen LogP contribution < -0.4 is 11.1 Å². The van der Waals surface area contributed by atoms with Crippen molar-refractivity contribution in [2.45, 2.75) is 52.3 Å². The van der Waals surface area contributed by atoms with Gasteiger partial charge in [-0.05, 0) is 67.1 Å². The Hall–Kier alpha value is -3.55. The van der Waals surface area contributed by atoms with Gasteiger partial charge in [0.15, 0.2) is 0 Å². The number of nitrogens with two attached hydrogens (primary N) is 1. The molecule has 7 heteroatoms. The summed E-state index contributed by atoms with van der Waals surface area (Å²) in [5.74, 6) is -1.85. The van der Waals surface area contributed by atoms with Crippen molar-refractivity contribution in [3.63, 3.8) is 0 Å². The maximum absolute atomic E-state index is 13.8. The topological polar surface area (TPSA) is 80.1 Å². The third-order valence-electron chi connectivity index (χ3n) is 6.77. The van der Waals surface area contributed by atoms with Crippen LogP contribution in [0.2, 0.25) is 0 Å². The minimum absolute atomic E-state index is 0.143. The Bertz CT molecular complexity index is 1380. The van der Waals surface area contributed by atoms with Crippen LogP contribution in [0.3, 0.4) is 0 Å². The fraction of sp³-hybridized carbons (Fsp3) is 0.300. The summed E-state index contributed by atoms with van der Waals surface area (Å²) in [6, 6.07) is 16.4. The highest BCUT2D eigenvalue weighted by Crippen LogP contribution is 2.25. The number of para-hydroxylation sites is 1. The number of aryl methyl sites for hydroxylation is 3. The summed E-state index contributed by atoms with van der Waals surface area (Å²) >= 11 is 0. The molecule has 5 nitrogen and oxygen atoms in total. The Morgan fingerprint density at radius 1 is 1.00 bits per heavy atom. The molecular formula is C30H33F2N3O2. The number of hydrogen-bond donors (Lipinski definition) is 3. The van der Waals surface area contributed by atoms with Crippen molar-refractivity contribution >= 4 is 16.9 Å². The first kappa shape index (κ1) is 26.5. The maximum atomic E-state index is 13.8. The van der Waals surface area contributed by atoms with Crippen molar-refractivity contribution < 1.29 is 18.3 Å². The number of H-pyrrole nitrogens is 1. The molecule has 0 spiro atoms. The van der Waals surface area contributed by atoms with Crippen molar-refractivity contribution in [2.24, 2.45) is 5.73 Å². The van der Waals surface area contributed by atoms with E-state index in [-0.39, 0.29) is 13.0 Å². The smallest absolute Gasteiger partial charge is 0.340 e. The minimum Gasteiger partial charge on any atom is -0.456 e. The Kier molecular flexibility index (Phi) is 8.36. The van der Waals surface area contributed by atoms with Crippen LogP contribution >= 0.6 is 0 Å². The molecule has 1 aromatic heterocycles. The van der Waals surface area contributed by atoms with Crippen LogP contribution in [-0.4, -0.2) is 29.6 Å². The van der Waals surface area contributed by atoms with Crippen LogP contribution in [0.4, 0.5) is 8.78 Å². The largest absolute Gasteiger partial charge is 0.456 e. The summed E-state index contributed by atoms with van der Waals surface area (Å²) in [7, 11) is 0. The highest BCUT2D eigenvalue weighted by atomic mass is 19.1. The molecule has 0 aliphatic heterocycles. The first-order valence-electron chi connectivity index (χ1n) is 12.5. The average molecular weight is 506 g/mol. The maximum Gasteiger partial charge on any atom is 0.340 e. The van der Waals surface area contributed by atoms with E-state index in [4.69, 9.17) is 10.5 Å². The van der Waals surface area contributed by atoms with E-state index >= 15 is 0 Å². The van der Waals surface area contributed by atoms with E-state index in [9.17, 15) is 13.6 Å². The average Bonchev–Trinajstić information content (AvgIpc) is 3.16. The third kappa shape index (κ3) is 6.42. The number of aromatic nitrogens is 1. The predicted octanol–water partition coefficient (Wildman–Crippen LogP) is 5.51. The Balaban J connectivity index is 1.54. The van der Waals surface area contributed by atoms with Crippen LogP contribution in [0.15, 0.2) is 60.7 Å². The molecule has 1 heterocycles. The molecule has 4 rings (SSSR count). The number of carbonyl (C=O) groups excluding carboxylic acids is 1. The second-order valence-corrected chi connectivity index (χ2v) is 9.50. The van der Waals surface area contributed by atoms with Crippen LogP contribution in [0.1, 0.15) is 45.2 Å². The fourth-order valence-electron chi connectivity index (χ4n) is 4.58. The molecular weight excluding hydrogens is 472 g/mol. The van der Waals surface area contributed by atoms with Gasteiger partial charge in [-0.3, -0.25) is 0 Å². The van der Waals surface area contributed by atoms with Crippen LogP contribution in [0, 0.1) is 25.5 Å². The molecule has 4 N–H and O–H groups in total. The quantitative estimate of drug-likeness (QED) is 0.248. The standard InChI is InChI=1S/C30H33F2N3O2/c1-4-20-7-5-8-21(11-20)16-34-17-28(27(33)14-22-12-23(31)15-24(32)13-22)37-30(36)26-10-6-9-25-18(2)19(3)35-29(25)26/h5-13,15,27-28,34-35H,4,14,16-17,33H2,1-3H3. The molecule has 0 saturated carbocycles. The second-order valence-electron chi connectivity index (χ2n) is 9.50. The number of aromatic amines is 1. The number of rotatable bonds is 10. The Morgan fingerprint density at radius 3 is 2.43 bits per heavy atom. The number of halogens is 2. The Labute approximate surface area is 216 Å². The summed E-state index contributed by atoms with van der Waals surface area (Å²) in [5, 5.41) is 4.29. The first-order chi connectivity index (χ1) is 17.7. The van der Waals surface area contributed by atoms with E-state index in [2.05, 4.69) is 29.4 Å². The molecule has 37 heavy (non-hydrogen) atoms. The lowest BCUT2D eigenvalue weighted by molar-refractivity contribution is 0.0240. The van der Waals surface area contributed by atoms with Crippen LogP contribution in [0.25, 0.3) is 10.9 Å². The van der Waals surface area contributed by atoms with E-state index < -0.39 is 29.7 Å². The SMILES string of the molecule is CCc1cccc(CNCC(OC(=O)c2cccc3c(C)c(C)[nH]c23)C(N)Cc2cc(F)cc(F)c2)c1. The number of esters is 1. The number of hydrogen-bond acceptors (Lipinski definition) is 4. The van der Waals surface area contributed by atoms with E-state index in [1.807, 2.05) is 38.1 Å². The van der Waals surface area contributed by atoms with Crippen molar-refractivity contribution in [3.8, 4) is 0 Å². The molecule has 0 aliphatic carbocycles. The summed E-state index contributed by atoms with van der Waals surface area (Å²) in [4.78, 5) is 16.6. The lowest BCUT2D eigenvalue weighted by Gasteiger charge is -2.25. The molecule has 2 unspecified atom stereocenters. The normalized spacial score (nSPS) is 13.0. The third-order valence-corrected chi connectivity index (χ3v) is 6.77. The zero-order valence-electron chi connectivity index (χ0n) is 21.4. The zero-order chi connectivity index (χ0) is 26.5. The van der Waals surface area contributed by atoms with Crippen molar-refractivity contribution in [3.05, 3.63) is 106 Å². The minimum atomic E-state index is -0.736. The van der Waals surface area contributed by atoms with E-state index in [0.29, 0.717) is 23.2 Å². The number of ether oxygens (including phenoxy) is 1. The molecule has 0 radical (unpaired) electrons. The molecule has 3 aromatic carbocycles. The number of fused-ring (bicyclic) bond motifs is 1. The predicted molar refractivity (Wildman–Crippen MR) is 143 cm³/mol. The van der Waals surface area contributed by atoms with Crippen molar-refractivity contribution in [1.82, 2.24) is 10.3 Å². The van der Waals surface area contributed by atoms with Gasteiger partial charge in [0, 0.05) is 36.3 Å². The van der Waals surface area contributed by atoms with Gasteiger partial charge in [-0.2, -0.15) is 0 Å². The molecule has 2 atom stereocenters. The van der Waals surface area contributed by atoms with Gasteiger partial charge < -0.3 is 20.8 Å². The summed E-state index contributed by atoms with van der Waals surface area (Å²) < 4.78 is 33.5. The van der Waals surface area contributed by atoms with E-state index in [1.165, 1.54) is 17.7 Å². The first-order valence-corrected chi connectivity index (χ1v) is 12.5. The second kappa shape index (κ2) is 11.7. The zero-order valence-corrected chi connectivity index (χ0v) is 21.4. The molecule has 194 valence electrons. The molecule has 0 amide bonds. The molecule has 0 bridgehead atoms. The van der Waals surface area contributed by atoms with Gasteiger partial charge in [0.05, 0.1) is 11.1 Å². The van der Waals surface area contributed by atoms with E-state index in [0.717, 1.165) is 34.7 Å². The number of carbonyl (C=O) groups is 1. The highest BCUT2D eigenvalue weighted by molar-refractivity contribution is 6.04.